The van der Waals surface area contributed by atoms with Gasteiger partial charge in [-0.05, 0) is 41.5 Å². The van der Waals surface area contributed by atoms with Crippen molar-refractivity contribution in [3.8, 4) is 0 Å². The Balaban J connectivity index is 2.71. The molecule has 0 fully saturated rings. The van der Waals surface area contributed by atoms with Gasteiger partial charge in [0.05, 0.1) is 6.61 Å². The van der Waals surface area contributed by atoms with E-state index in [-0.39, 0.29) is 5.54 Å². The molecule has 1 aromatic rings. The van der Waals surface area contributed by atoms with Crippen molar-refractivity contribution in [2.45, 2.75) is 53.6 Å². The summed E-state index contributed by atoms with van der Waals surface area (Å²) in [6, 6.07) is 0. The maximum Gasteiger partial charge on any atom is 0.225 e. The fraction of sp³-hybridized carbons (Fsp3) is 0.750. The van der Waals surface area contributed by atoms with E-state index < -0.39 is 0 Å². The fourth-order valence-electron chi connectivity index (χ4n) is 1.88. The van der Waals surface area contributed by atoms with Crippen molar-refractivity contribution in [1.29, 1.82) is 0 Å². The summed E-state index contributed by atoms with van der Waals surface area (Å²) in [5.74, 6) is 0.786. The number of hydrogen-bond donors (Lipinski definition) is 1. The molecule has 0 atom stereocenters. The van der Waals surface area contributed by atoms with Crippen molar-refractivity contribution in [3.05, 3.63) is 17.5 Å². The minimum atomic E-state index is 0.0953. The molecule has 1 aromatic heterocycles. The third-order valence-electron chi connectivity index (χ3n) is 3.25. The molecule has 0 saturated carbocycles. The van der Waals surface area contributed by atoms with Crippen LogP contribution < -0.4 is 10.2 Å². The maximum absolute atomic E-state index is 5.41. The second kappa shape index (κ2) is 8.29. The second-order valence-electron chi connectivity index (χ2n) is 6.16. The smallest absolute Gasteiger partial charge is 0.225 e. The van der Waals surface area contributed by atoms with Crippen molar-refractivity contribution in [2.24, 2.45) is 0 Å². The molecule has 0 radical (unpaired) electrons. The Bertz CT molecular complexity index is 429. The highest BCUT2D eigenvalue weighted by Gasteiger charge is 2.12. The highest BCUT2D eigenvalue weighted by atomic mass is 16.5. The van der Waals surface area contributed by atoms with E-state index in [4.69, 9.17) is 4.74 Å². The number of aryl methyl sites for hydroxylation is 1. The molecule has 0 amide bonds. The van der Waals surface area contributed by atoms with Crippen LogP contribution >= 0.6 is 0 Å². The number of hydrogen-bond acceptors (Lipinski definition) is 5. The van der Waals surface area contributed by atoms with Crippen LogP contribution in [0.1, 0.15) is 45.9 Å². The molecule has 120 valence electrons. The Morgan fingerprint density at radius 3 is 2.52 bits per heavy atom. The zero-order valence-electron chi connectivity index (χ0n) is 14.4. The fourth-order valence-corrected chi connectivity index (χ4v) is 1.88. The first-order valence-electron chi connectivity index (χ1n) is 7.77. The third-order valence-corrected chi connectivity index (χ3v) is 3.25. The summed E-state index contributed by atoms with van der Waals surface area (Å²) < 4.78 is 5.41. The molecule has 0 aliphatic rings. The predicted molar refractivity (Wildman–Crippen MR) is 87.7 cm³/mol. The molecule has 0 aliphatic carbocycles. The van der Waals surface area contributed by atoms with Gasteiger partial charge in [-0.15, -0.1) is 0 Å². The van der Waals surface area contributed by atoms with Crippen molar-refractivity contribution < 1.29 is 4.74 Å². The molecule has 0 bridgehead atoms. The number of ether oxygens (including phenoxy) is 1. The molecule has 5 heteroatoms. The lowest BCUT2D eigenvalue weighted by molar-refractivity contribution is 0.153. The summed E-state index contributed by atoms with van der Waals surface area (Å²) >= 11 is 0. The molecule has 0 spiro atoms. The topological polar surface area (TPSA) is 50.3 Å². The number of nitrogens with one attached hydrogen (secondary N) is 1. The third kappa shape index (κ3) is 6.40. The van der Waals surface area contributed by atoms with Gasteiger partial charge in [0.25, 0.3) is 0 Å². The number of likely N-dealkylation sites (N-methyl/N-ethyl adjacent to an activating group) is 1. The molecule has 1 N–H and O–H groups in total. The normalized spacial score (nSPS) is 11.7. The molecule has 5 nitrogen and oxygen atoms in total. The van der Waals surface area contributed by atoms with Crippen LogP contribution in [0.3, 0.4) is 0 Å². The summed E-state index contributed by atoms with van der Waals surface area (Å²) in [6.45, 7) is 16.6. The van der Waals surface area contributed by atoms with Crippen LogP contribution in [-0.4, -0.2) is 41.8 Å². The van der Waals surface area contributed by atoms with Crippen molar-refractivity contribution in [3.63, 3.8) is 0 Å². The van der Waals surface area contributed by atoms with Crippen LogP contribution in [0.5, 0.6) is 0 Å². The van der Waals surface area contributed by atoms with Crippen LogP contribution in [0.2, 0.25) is 0 Å². The molecule has 21 heavy (non-hydrogen) atoms. The van der Waals surface area contributed by atoms with E-state index in [2.05, 4.69) is 47.9 Å². The van der Waals surface area contributed by atoms with Crippen molar-refractivity contribution in [2.75, 3.05) is 31.2 Å². The minimum absolute atomic E-state index is 0.0953. The molecule has 0 aliphatic heterocycles. The summed E-state index contributed by atoms with van der Waals surface area (Å²) in [6.07, 6.45) is 1.93. The Hall–Kier alpha value is -1.20. The first kappa shape index (κ1) is 17.9. The van der Waals surface area contributed by atoms with Crippen LogP contribution in [0.15, 0.2) is 6.20 Å². The standard InChI is InChI=1S/C16H30N4O/c1-7-20(9-10-21-8-2)15-17-11-14(13(3)19-15)12-18-16(4,5)6/h11,18H,7-10,12H2,1-6H3. The lowest BCUT2D eigenvalue weighted by atomic mass is 10.1. The average Bonchev–Trinajstić information content (AvgIpc) is 2.41. The van der Waals surface area contributed by atoms with E-state index in [9.17, 15) is 0 Å². The molecular formula is C16H30N4O. The zero-order chi connectivity index (χ0) is 15.9. The highest BCUT2D eigenvalue weighted by molar-refractivity contribution is 5.32. The van der Waals surface area contributed by atoms with Crippen molar-refractivity contribution in [1.82, 2.24) is 15.3 Å². The monoisotopic (exact) mass is 294 g/mol. The lowest BCUT2D eigenvalue weighted by Crippen LogP contribution is -2.35. The van der Waals surface area contributed by atoms with E-state index in [0.29, 0.717) is 6.61 Å². The molecule has 1 rings (SSSR count). The zero-order valence-corrected chi connectivity index (χ0v) is 14.4. The first-order chi connectivity index (χ1) is 9.87. The van der Waals surface area contributed by atoms with Crippen LogP contribution in [-0.2, 0) is 11.3 Å². The number of rotatable bonds is 8. The number of anilines is 1. The van der Waals surface area contributed by atoms with Gasteiger partial charge in [0.1, 0.15) is 0 Å². The van der Waals surface area contributed by atoms with Gasteiger partial charge < -0.3 is 15.0 Å². The summed E-state index contributed by atoms with van der Waals surface area (Å²) in [7, 11) is 0. The molecule has 1 heterocycles. The Morgan fingerprint density at radius 2 is 2.00 bits per heavy atom. The van der Waals surface area contributed by atoms with Gasteiger partial charge in [0.15, 0.2) is 0 Å². The van der Waals surface area contributed by atoms with Gasteiger partial charge >= 0.3 is 0 Å². The summed E-state index contributed by atoms with van der Waals surface area (Å²) in [5, 5.41) is 3.47. The highest BCUT2D eigenvalue weighted by Crippen LogP contribution is 2.12. The van der Waals surface area contributed by atoms with E-state index in [1.54, 1.807) is 0 Å². The molecular weight excluding hydrogens is 264 g/mol. The van der Waals surface area contributed by atoms with Gasteiger partial charge in [-0.3, -0.25) is 0 Å². The second-order valence-corrected chi connectivity index (χ2v) is 6.16. The Labute approximate surface area is 129 Å². The molecule has 0 unspecified atom stereocenters. The maximum atomic E-state index is 5.41. The van der Waals surface area contributed by atoms with E-state index in [1.807, 2.05) is 20.0 Å². The lowest BCUT2D eigenvalue weighted by Gasteiger charge is -2.23. The first-order valence-corrected chi connectivity index (χ1v) is 7.77. The largest absolute Gasteiger partial charge is 0.380 e. The van der Waals surface area contributed by atoms with Gasteiger partial charge in [0, 0.05) is 49.2 Å². The summed E-state index contributed by atoms with van der Waals surface area (Å²) in [5.41, 5.74) is 2.28. The molecule has 0 aromatic carbocycles. The van der Waals surface area contributed by atoms with E-state index >= 15 is 0 Å². The quantitative estimate of drug-likeness (QED) is 0.747. The van der Waals surface area contributed by atoms with Gasteiger partial charge in [-0.2, -0.15) is 0 Å². The summed E-state index contributed by atoms with van der Waals surface area (Å²) in [4.78, 5) is 11.3. The van der Waals surface area contributed by atoms with Crippen molar-refractivity contribution >= 4 is 5.95 Å². The Kier molecular flexibility index (Phi) is 7.05. The van der Waals surface area contributed by atoms with Crippen LogP contribution in [0.4, 0.5) is 5.95 Å². The SMILES string of the molecule is CCOCCN(CC)c1ncc(CNC(C)(C)C)c(C)n1. The molecule has 0 saturated heterocycles. The van der Waals surface area contributed by atoms with Gasteiger partial charge in [-0.1, -0.05) is 0 Å². The van der Waals surface area contributed by atoms with E-state index in [1.165, 1.54) is 0 Å². The van der Waals surface area contributed by atoms with Crippen LogP contribution in [0.25, 0.3) is 0 Å². The van der Waals surface area contributed by atoms with Gasteiger partial charge in [0.2, 0.25) is 5.95 Å². The average molecular weight is 294 g/mol. The Morgan fingerprint density at radius 1 is 1.29 bits per heavy atom. The minimum Gasteiger partial charge on any atom is -0.380 e. The predicted octanol–water partition coefficient (Wildman–Crippen LogP) is 2.54. The van der Waals surface area contributed by atoms with E-state index in [0.717, 1.165) is 43.4 Å². The number of nitrogens with zero attached hydrogens (tertiary/aromatic N) is 3. The van der Waals surface area contributed by atoms with Gasteiger partial charge in [-0.25, -0.2) is 9.97 Å². The van der Waals surface area contributed by atoms with Crippen LogP contribution in [0, 0.1) is 6.92 Å². The number of aromatic nitrogens is 2.